The van der Waals surface area contributed by atoms with E-state index in [4.69, 9.17) is 16.3 Å². The van der Waals surface area contributed by atoms with Crippen LogP contribution in [-0.4, -0.2) is 31.1 Å². The van der Waals surface area contributed by atoms with E-state index in [1.807, 2.05) is 0 Å². The maximum Gasteiger partial charge on any atom is 0.293 e. The van der Waals surface area contributed by atoms with Gasteiger partial charge in [0.05, 0.1) is 22.6 Å². The molecule has 0 aliphatic heterocycles. The monoisotopic (exact) mass is 395 g/mol. The summed E-state index contributed by atoms with van der Waals surface area (Å²) in [5, 5.41) is 16.9. The molecule has 0 aliphatic carbocycles. The first-order chi connectivity index (χ1) is 12.8. The average Bonchev–Trinajstić information content (AvgIpc) is 2.64. The quantitative estimate of drug-likeness (QED) is 0.401. The average molecular weight is 396 g/mol. The summed E-state index contributed by atoms with van der Waals surface area (Å²) in [4.78, 5) is 23.2. The summed E-state index contributed by atoms with van der Waals surface area (Å²) in [5.41, 5.74) is 0.837. The van der Waals surface area contributed by atoms with Gasteiger partial charge in [-0.1, -0.05) is 17.7 Å². The summed E-state index contributed by atoms with van der Waals surface area (Å²) >= 11 is 5.76. The van der Waals surface area contributed by atoms with Crippen LogP contribution in [-0.2, 0) is 4.74 Å². The number of hydrogen-bond acceptors (Lipinski definition) is 5. The van der Waals surface area contributed by atoms with E-state index < -0.39 is 22.7 Å². The van der Waals surface area contributed by atoms with Crippen LogP contribution in [0.2, 0.25) is 5.02 Å². The van der Waals surface area contributed by atoms with Gasteiger partial charge in [0.15, 0.2) is 0 Å². The van der Waals surface area contributed by atoms with Crippen LogP contribution in [0.15, 0.2) is 36.4 Å². The zero-order chi connectivity index (χ0) is 20.0. The predicted molar refractivity (Wildman–Crippen MR) is 101 cm³/mol. The Kier molecular flexibility index (Phi) is 7.09. The minimum atomic E-state index is -0.560. The Balaban J connectivity index is 2.16. The summed E-state index contributed by atoms with van der Waals surface area (Å²) in [6.45, 7) is 2.49. The fraction of sp³-hybridized carbons (Fsp3) is 0.278. The molecule has 0 heterocycles. The van der Waals surface area contributed by atoms with Gasteiger partial charge < -0.3 is 15.4 Å². The van der Waals surface area contributed by atoms with Gasteiger partial charge in [0.2, 0.25) is 0 Å². The van der Waals surface area contributed by atoms with Gasteiger partial charge >= 0.3 is 0 Å². The molecule has 27 heavy (non-hydrogen) atoms. The lowest BCUT2D eigenvalue weighted by Crippen LogP contribution is -2.26. The number of halogens is 2. The van der Waals surface area contributed by atoms with E-state index in [1.54, 1.807) is 6.92 Å². The van der Waals surface area contributed by atoms with Gasteiger partial charge in [-0.05, 0) is 36.8 Å². The third-order valence-electron chi connectivity index (χ3n) is 3.87. The molecule has 0 radical (unpaired) electrons. The third kappa shape index (κ3) is 5.38. The van der Waals surface area contributed by atoms with Crippen LogP contribution in [0.5, 0.6) is 0 Å². The first-order valence-electron chi connectivity index (χ1n) is 8.10. The summed E-state index contributed by atoms with van der Waals surface area (Å²) in [6.07, 6.45) is 0. The summed E-state index contributed by atoms with van der Waals surface area (Å²) in [6, 6.07) is 7.85. The van der Waals surface area contributed by atoms with E-state index in [1.165, 1.54) is 43.5 Å². The van der Waals surface area contributed by atoms with Crippen molar-refractivity contribution in [2.24, 2.45) is 0 Å². The lowest BCUT2D eigenvalue weighted by atomic mass is 10.1. The third-order valence-corrected chi connectivity index (χ3v) is 4.16. The number of hydrogen-bond donors (Lipinski definition) is 2. The lowest BCUT2D eigenvalue weighted by Gasteiger charge is -2.15. The molecule has 0 saturated heterocycles. The van der Waals surface area contributed by atoms with Crippen LogP contribution in [0.3, 0.4) is 0 Å². The second-order valence-corrected chi connectivity index (χ2v) is 6.18. The normalized spacial score (nSPS) is 11.7. The first kappa shape index (κ1) is 20.6. The summed E-state index contributed by atoms with van der Waals surface area (Å²) < 4.78 is 18.2. The highest BCUT2D eigenvalue weighted by atomic mass is 35.5. The molecule has 2 aromatic carbocycles. The van der Waals surface area contributed by atoms with Crippen molar-refractivity contribution in [1.82, 2.24) is 5.32 Å². The molecule has 2 N–H and O–H groups in total. The maximum absolute atomic E-state index is 13.3. The van der Waals surface area contributed by atoms with E-state index in [2.05, 4.69) is 10.6 Å². The molecule has 0 saturated carbocycles. The topological polar surface area (TPSA) is 93.5 Å². The predicted octanol–water partition coefficient (Wildman–Crippen LogP) is 3.94. The molecule has 1 atom stereocenters. The van der Waals surface area contributed by atoms with Gasteiger partial charge in [-0.3, -0.25) is 14.9 Å². The van der Waals surface area contributed by atoms with E-state index >= 15 is 0 Å². The number of anilines is 1. The largest absolute Gasteiger partial charge is 0.383 e. The number of carbonyl (C=O) groups excluding carboxylic acids is 1. The van der Waals surface area contributed by atoms with Gasteiger partial charge in [-0.25, -0.2) is 4.39 Å². The summed E-state index contributed by atoms with van der Waals surface area (Å²) in [7, 11) is 1.53. The van der Waals surface area contributed by atoms with Crippen molar-refractivity contribution in [3.8, 4) is 0 Å². The van der Waals surface area contributed by atoms with Crippen molar-refractivity contribution in [2.75, 3.05) is 25.6 Å². The Bertz CT molecular complexity index is 847. The van der Waals surface area contributed by atoms with Crippen LogP contribution in [0.1, 0.15) is 28.9 Å². The standard InChI is InChI=1S/C18H19ClFN3O4/c1-11(12-3-5-15(20)14(19)9-12)22-18(24)13-4-6-16(21-7-8-27-2)17(10-13)23(25)26/h3-6,9-11,21H,7-8H2,1-2H3,(H,22,24). The Morgan fingerprint density at radius 1 is 1.33 bits per heavy atom. The highest BCUT2D eigenvalue weighted by Gasteiger charge is 2.19. The Labute approximate surface area is 160 Å². The van der Waals surface area contributed by atoms with Gasteiger partial charge in [0.1, 0.15) is 11.5 Å². The fourth-order valence-corrected chi connectivity index (χ4v) is 2.60. The van der Waals surface area contributed by atoms with Crippen LogP contribution < -0.4 is 10.6 Å². The van der Waals surface area contributed by atoms with Crippen LogP contribution >= 0.6 is 11.6 Å². The van der Waals surface area contributed by atoms with Crippen LogP contribution in [0, 0.1) is 15.9 Å². The van der Waals surface area contributed by atoms with Crippen molar-refractivity contribution in [3.05, 3.63) is 68.5 Å². The van der Waals surface area contributed by atoms with Crippen molar-refractivity contribution in [3.63, 3.8) is 0 Å². The molecule has 1 unspecified atom stereocenters. The van der Waals surface area contributed by atoms with Crippen molar-refractivity contribution >= 4 is 28.9 Å². The van der Waals surface area contributed by atoms with Crippen LogP contribution in [0.4, 0.5) is 15.8 Å². The molecule has 1 amide bonds. The van der Waals surface area contributed by atoms with Crippen molar-refractivity contribution in [1.29, 1.82) is 0 Å². The van der Waals surface area contributed by atoms with E-state index in [0.717, 1.165) is 0 Å². The second-order valence-electron chi connectivity index (χ2n) is 5.78. The van der Waals surface area contributed by atoms with Gasteiger partial charge in [-0.2, -0.15) is 0 Å². The lowest BCUT2D eigenvalue weighted by molar-refractivity contribution is -0.384. The molecule has 144 valence electrons. The molecule has 0 aliphatic rings. The van der Waals surface area contributed by atoms with Gasteiger partial charge in [-0.15, -0.1) is 0 Å². The van der Waals surface area contributed by atoms with E-state index in [9.17, 15) is 19.3 Å². The maximum atomic E-state index is 13.3. The molecule has 0 bridgehead atoms. The molecule has 9 heteroatoms. The van der Waals surface area contributed by atoms with E-state index in [0.29, 0.717) is 24.4 Å². The smallest absolute Gasteiger partial charge is 0.293 e. The zero-order valence-electron chi connectivity index (χ0n) is 14.8. The second kappa shape index (κ2) is 9.29. The van der Waals surface area contributed by atoms with Gasteiger partial charge in [0.25, 0.3) is 11.6 Å². The Morgan fingerprint density at radius 2 is 2.07 bits per heavy atom. The number of nitro benzene ring substituents is 1. The van der Waals surface area contributed by atoms with Crippen molar-refractivity contribution < 1.29 is 18.8 Å². The number of nitrogens with zero attached hydrogens (tertiary/aromatic N) is 1. The number of amides is 1. The molecule has 0 spiro atoms. The minimum Gasteiger partial charge on any atom is -0.383 e. The highest BCUT2D eigenvalue weighted by molar-refractivity contribution is 6.30. The number of ether oxygens (including phenoxy) is 1. The molecular weight excluding hydrogens is 377 g/mol. The molecule has 2 rings (SSSR count). The number of rotatable bonds is 8. The molecule has 7 nitrogen and oxygen atoms in total. The van der Waals surface area contributed by atoms with E-state index in [-0.39, 0.29) is 16.3 Å². The van der Waals surface area contributed by atoms with Crippen molar-refractivity contribution in [2.45, 2.75) is 13.0 Å². The highest BCUT2D eigenvalue weighted by Crippen LogP contribution is 2.26. The van der Waals surface area contributed by atoms with Crippen LogP contribution in [0.25, 0.3) is 0 Å². The SMILES string of the molecule is COCCNc1ccc(C(=O)NC(C)c2ccc(F)c(Cl)c2)cc1[N+](=O)[O-]. The minimum absolute atomic E-state index is 0.0456. The molecule has 0 fully saturated rings. The molecule has 0 aromatic heterocycles. The number of methoxy groups -OCH3 is 1. The number of benzene rings is 2. The number of nitrogens with one attached hydrogen (secondary N) is 2. The Morgan fingerprint density at radius 3 is 2.70 bits per heavy atom. The Hall–Kier alpha value is -2.71. The number of nitro groups is 1. The zero-order valence-corrected chi connectivity index (χ0v) is 15.5. The fourth-order valence-electron chi connectivity index (χ4n) is 2.41. The first-order valence-corrected chi connectivity index (χ1v) is 8.48. The number of carbonyl (C=O) groups is 1. The molecular formula is C18H19ClFN3O4. The molecule has 2 aromatic rings. The van der Waals surface area contributed by atoms with Gasteiger partial charge in [0, 0.05) is 25.3 Å². The summed E-state index contributed by atoms with van der Waals surface area (Å²) in [5.74, 6) is -1.04.